The van der Waals surface area contributed by atoms with Gasteiger partial charge in [0, 0.05) is 6.54 Å². The Morgan fingerprint density at radius 3 is 2.29 bits per heavy atom. The zero-order chi connectivity index (χ0) is 8.97. The summed E-state index contributed by atoms with van der Waals surface area (Å²) < 4.78 is 0. The molecule has 5 heteroatoms. The van der Waals surface area contributed by atoms with Crippen LogP contribution in [0.1, 0.15) is 11.1 Å². The van der Waals surface area contributed by atoms with Crippen LogP contribution in [0.25, 0.3) is 0 Å². The standard InChI is InChI=1S/C9H14N2O.2ClH/c10-4-3-8-5-7(6-11)1-2-9(8)12;;/h1-2,5,12H,3-4,6,10-11H2;2*1H. The van der Waals surface area contributed by atoms with Crippen molar-refractivity contribution in [3.05, 3.63) is 29.3 Å². The molecule has 1 rings (SSSR count). The second kappa shape index (κ2) is 7.88. The Labute approximate surface area is 96.3 Å². The van der Waals surface area contributed by atoms with E-state index in [9.17, 15) is 5.11 Å². The van der Waals surface area contributed by atoms with Crippen molar-refractivity contribution in [3.63, 3.8) is 0 Å². The van der Waals surface area contributed by atoms with Gasteiger partial charge in [0.2, 0.25) is 0 Å². The van der Waals surface area contributed by atoms with Gasteiger partial charge in [0.05, 0.1) is 0 Å². The normalized spacial score (nSPS) is 8.71. The third-order valence-electron chi connectivity index (χ3n) is 1.79. The second-order valence-corrected chi connectivity index (χ2v) is 2.71. The molecule has 14 heavy (non-hydrogen) atoms. The zero-order valence-electron chi connectivity index (χ0n) is 7.77. The van der Waals surface area contributed by atoms with Gasteiger partial charge in [-0.05, 0) is 30.2 Å². The van der Waals surface area contributed by atoms with Gasteiger partial charge >= 0.3 is 0 Å². The molecule has 0 aliphatic heterocycles. The van der Waals surface area contributed by atoms with Crippen LogP contribution in [0.4, 0.5) is 0 Å². The average molecular weight is 239 g/mol. The summed E-state index contributed by atoms with van der Waals surface area (Å²) in [4.78, 5) is 0. The van der Waals surface area contributed by atoms with Crippen molar-refractivity contribution in [3.8, 4) is 5.75 Å². The predicted molar refractivity (Wildman–Crippen MR) is 63.3 cm³/mol. The lowest BCUT2D eigenvalue weighted by Gasteiger charge is -2.04. The summed E-state index contributed by atoms with van der Waals surface area (Å²) >= 11 is 0. The lowest BCUT2D eigenvalue weighted by Crippen LogP contribution is -2.04. The minimum atomic E-state index is 0. The van der Waals surface area contributed by atoms with E-state index >= 15 is 0 Å². The highest BCUT2D eigenvalue weighted by Gasteiger charge is 2.00. The number of aromatic hydroxyl groups is 1. The van der Waals surface area contributed by atoms with Gasteiger partial charge in [0.1, 0.15) is 5.75 Å². The molecular weight excluding hydrogens is 223 g/mol. The van der Waals surface area contributed by atoms with Crippen LogP contribution in [-0.2, 0) is 13.0 Å². The first-order chi connectivity index (χ1) is 5.77. The van der Waals surface area contributed by atoms with Crippen molar-refractivity contribution in [2.45, 2.75) is 13.0 Å². The first-order valence-corrected chi connectivity index (χ1v) is 3.99. The molecule has 5 N–H and O–H groups in total. The lowest BCUT2D eigenvalue weighted by molar-refractivity contribution is 0.468. The van der Waals surface area contributed by atoms with Gasteiger partial charge in [-0.1, -0.05) is 12.1 Å². The highest BCUT2D eigenvalue weighted by Crippen LogP contribution is 2.18. The minimum Gasteiger partial charge on any atom is -0.508 e. The number of phenolic OH excluding ortho intramolecular Hbond substituents is 1. The predicted octanol–water partition coefficient (Wildman–Crippen LogP) is 1.20. The summed E-state index contributed by atoms with van der Waals surface area (Å²) in [5.74, 6) is 0.303. The average Bonchev–Trinajstić information content (AvgIpc) is 2.09. The van der Waals surface area contributed by atoms with Gasteiger partial charge in [-0.3, -0.25) is 0 Å². The molecule has 0 amide bonds. The molecule has 82 valence electrons. The summed E-state index contributed by atoms with van der Waals surface area (Å²) in [5.41, 5.74) is 12.7. The smallest absolute Gasteiger partial charge is 0.118 e. The third kappa shape index (κ3) is 4.15. The van der Waals surface area contributed by atoms with Crippen LogP contribution in [0.15, 0.2) is 18.2 Å². The molecule has 0 aliphatic carbocycles. The number of rotatable bonds is 3. The molecule has 3 nitrogen and oxygen atoms in total. The fourth-order valence-corrected chi connectivity index (χ4v) is 1.12. The topological polar surface area (TPSA) is 72.3 Å². The Hall–Kier alpha value is -0.480. The molecule has 0 radical (unpaired) electrons. The molecule has 0 fully saturated rings. The summed E-state index contributed by atoms with van der Waals surface area (Å²) in [6.07, 6.45) is 0.694. The van der Waals surface area contributed by atoms with E-state index in [0.717, 1.165) is 11.1 Å². The van der Waals surface area contributed by atoms with E-state index in [4.69, 9.17) is 11.5 Å². The van der Waals surface area contributed by atoms with E-state index < -0.39 is 0 Å². The fourth-order valence-electron chi connectivity index (χ4n) is 1.12. The molecule has 0 unspecified atom stereocenters. The minimum absolute atomic E-state index is 0. The summed E-state index contributed by atoms with van der Waals surface area (Å²) in [7, 11) is 0. The van der Waals surface area contributed by atoms with Crippen molar-refractivity contribution in [1.82, 2.24) is 0 Å². The number of halogens is 2. The van der Waals surface area contributed by atoms with E-state index in [1.165, 1.54) is 0 Å². The maximum absolute atomic E-state index is 9.37. The van der Waals surface area contributed by atoms with Gasteiger partial charge < -0.3 is 16.6 Å². The van der Waals surface area contributed by atoms with Crippen LogP contribution in [0.3, 0.4) is 0 Å². The molecule has 0 aliphatic rings. The largest absolute Gasteiger partial charge is 0.508 e. The molecule has 0 heterocycles. The number of hydrogen-bond donors (Lipinski definition) is 3. The maximum atomic E-state index is 9.37. The molecule has 0 spiro atoms. The van der Waals surface area contributed by atoms with E-state index in [2.05, 4.69) is 0 Å². The quantitative estimate of drug-likeness (QED) is 0.742. The highest BCUT2D eigenvalue weighted by molar-refractivity contribution is 5.85. The first-order valence-electron chi connectivity index (χ1n) is 3.99. The lowest BCUT2D eigenvalue weighted by atomic mass is 10.1. The Balaban J connectivity index is 0. The third-order valence-corrected chi connectivity index (χ3v) is 1.79. The van der Waals surface area contributed by atoms with Gasteiger partial charge in [0.25, 0.3) is 0 Å². The van der Waals surface area contributed by atoms with Crippen molar-refractivity contribution in [2.24, 2.45) is 11.5 Å². The SMILES string of the molecule is Cl.Cl.NCCc1cc(CN)ccc1O. The molecule has 1 aromatic rings. The van der Waals surface area contributed by atoms with E-state index in [0.29, 0.717) is 25.3 Å². The fraction of sp³-hybridized carbons (Fsp3) is 0.333. The van der Waals surface area contributed by atoms with Gasteiger partial charge in [0.15, 0.2) is 0 Å². The Morgan fingerprint density at radius 1 is 1.14 bits per heavy atom. The number of benzene rings is 1. The molecule has 1 aromatic carbocycles. The van der Waals surface area contributed by atoms with Crippen LogP contribution >= 0.6 is 24.8 Å². The number of phenols is 1. The highest BCUT2D eigenvalue weighted by atomic mass is 35.5. The molecule has 0 saturated heterocycles. The van der Waals surface area contributed by atoms with Crippen LogP contribution in [0.5, 0.6) is 5.75 Å². The van der Waals surface area contributed by atoms with Crippen LogP contribution in [-0.4, -0.2) is 11.7 Å². The zero-order valence-corrected chi connectivity index (χ0v) is 9.40. The summed E-state index contributed by atoms with van der Waals surface area (Å²) in [5, 5.41) is 9.37. The van der Waals surface area contributed by atoms with E-state index in [1.54, 1.807) is 6.07 Å². The molecule has 0 saturated carbocycles. The van der Waals surface area contributed by atoms with E-state index in [1.807, 2.05) is 12.1 Å². The second-order valence-electron chi connectivity index (χ2n) is 2.71. The Kier molecular flexibility index (Phi) is 8.99. The molecule has 0 bridgehead atoms. The molecule has 0 atom stereocenters. The Morgan fingerprint density at radius 2 is 1.79 bits per heavy atom. The molecule has 0 aromatic heterocycles. The maximum Gasteiger partial charge on any atom is 0.118 e. The monoisotopic (exact) mass is 238 g/mol. The summed E-state index contributed by atoms with van der Waals surface area (Å²) in [6, 6.07) is 5.37. The van der Waals surface area contributed by atoms with Crippen molar-refractivity contribution in [1.29, 1.82) is 0 Å². The van der Waals surface area contributed by atoms with Gasteiger partial charge in [-0.25, -0.2) is 0 Å². The van der Waals surface area contributed by atoms with Crippen LogP contribution in [0.2, 0.25) is 0 Å². The van der Waals surface area contributed by atoms with Gasteiger partial charge in [-0.15, -0.1) is 24.8 Å². The van der Waals surface area contributed by atoms with Crippen LogP contribution < -0.4 is 11.5 Å². The van der Waals surface area contributed by atoms with Gasteiger partial charge in [-0.2, -0.15) is 0 Å². The Bertz CT molecular complexity index is 269. The number of nitrogens with two attached hydrogens (primary N) is 2. The summed E-state index contributed by atoms with van der Waals surface area (Å²) in [6.45, 7) is 1.04. The first kappa shape index (κ1) is 16.0. The van der Waals surface area contributed by atoms with Crippen molar-refractivity contribution >= 4 is 24.8 Å². The molecular formula is C9H16Cl2N2O. The van der Waals surface area contributed by atoms with Crippen molar-refractivity contribution < 1.29 is 5.11 Å². The van der Waals surface area contributed by atoms with Crippen molar-refractivity contribution in [2.75, 3.05) is 6.54 Å². The number of hydrogen-bond acceptors (Lipinski definition) is 3. The van der Waals surface area contributed by atoms with Crippen LogP contribution in [0, 0.1) is 0 Å². The van der Waals surface area contributed by atoms with E-state index in [-0.39, 0.29) is 24.8 Å².